The van der Waals surface area contributed by atoms with Gasteiger partial charge < -0.3 is 4.90 Å². The fourth-order valence-electron chi connectivity index (χ4n) is 1.82. The molecule has 0 N–H and O–H groups in total. The van der Waals surface area contributed by atoms with Crippen molar-refractivity contribution in [1.82, 2.24) is 4.90 Å². The predicted octanol–water partition coefficient (Wildman–Crippen LogP) is 4.60. The Balaban J connectivity index is 3.06. The Morgan fingerprint density at radius 3 is 2.67 bits per heavy atom. The Hall–Kier alpha value is -1.28. The predicted molar refractivity (Wildman–Crippen MR) is 81.0 cm³/mol. The quantitative estimate of drug-likeness (QED) is 0.561. The first-order chi connectivity index (χ1) is 8.62. The molecule has 18 heavy (non-hydrogen) atoms. The van der Waals surface area contributed by atoms with Crippen LogP contribution in [-0.2, 0) is 0 Å². The van der Waals surface area contributed by atoms with Crippen molar-refractivity contribution in [3.63, 3.8) is 0 Å². The van der Waals surface area contributed by atoms with Gasteiger partial charge in [0, 0.05) is 18.1 Å². The van der Waals surface area contributed by atoms with Crippen LogP contribution in [0.3, 0.4) is 0 Å². The van der Waals surface area contributed by atoms with Crippen molar-refractivity contribution >= 4 is 23.1 Å². The van der Waals surface area contributed by atoms with Gasteiger partial charge in [0.25, 0.3) is 0 Å². The Morgan fingerprint density at radius 1 is 1.44 bits per heavy atom. The lowest BCUT2D eigenvalue weighted by Gasteiger charge is -2.22. The molecule has 0 amide bonds. The molecule has 0 aliphatic heterocycles. The fourth-order valence-corrected chi connectivity index (χ4v) is 2.04. The van der Waals surface area contributed by atoms with Gasteiger partial charge in [-0.3, -0.25) is 0 Å². The Bertz CT molecular complexity index is 438. The number of halogens is 1. The van der Waals surface area contributed by atoms with Crippen LogP contribution in [0.5, 0.6) is 0 Å². The summed E-state index contributed by atoms with van der Waals surface area (Å²) in [4.78, 5) is 6.90. The van der Waals surface area contributed by atoms with Crippen molar-refractivity contribution in [2.24, 2.45) is 4.99 Å². The Kier molecular flexibility index (Phi) is 5.93. The van der Waals surface area contributed by atoms with Crippen LogP contribution >= 0.6 is 11.6 Å². The molecule has 0 unspecified atom stereocenters. The first-order valence-electron chi connectivity index (χ1n) is 6.34. The highest BCUT2D eigenvalue weighted by molar-refractivity contribution is 6.30. The zero-order valence-electron chi connectivity index (χ0n) is 11.4. The Labute approximate surface area is 115 Å². The maximum Gasteiger partial charge on any atom is 0.128 e. The molecule has 1 aromatic carbocycles. The lowest BCUT2D eigenvalue weighted by Crippen LogP contribution is -2.29. The van der Waals surface area contributed by atoms with E-state index >= 15 is 0 Å². The average Bonchev–Trinajstić information content (AvgIpc) is 2.36. The molecule has 2 nitrogen and oxygen atoms in total. The normalized spacial score (nSPS) is 11.4. The van der Waals surface area contributed by atoms with E-state index in [1.54, 1.807) is 0 Å². The number of likely N-dealkylation sites (N-methyl/N-ethyl adjacent to an activating group) is 1. The molecule has 0 fully saturated rings. The first kappa shape index (κ1) is 14.8. The minimum atomic E-state index is 0.743. The molecule has 0 aliphatic carbocycles. The molecule has 0 atom stereocenters. The van der Waals surface area contributed by atoms with Gasteiger partial charge in [0.1, 0.15) is 5.84 Å². The molecule has 0 spiro atoms. The van der Waals surface area contributed by atoms with Crippen LogP contribution in [0, 0.1) is 6.92 Å². The molecule has 1 aromatic rings. The molecule has 0 aliphatic rings. The lowest BCUT2D eigenvalue weighted by atomic mass is 10.2. The standard InChI is InChI=1S/C15H21ClN2/c1-5-10-18(7-3)15(6-2)17-14-9-8-13(16)11-12(14)4/h6,8-9,11H,2,5,7,10H2,1,3-4H3/b17-15+. The van der Waals surface area contributed by atoms with Crippen LogP contribution in [0.2, 0.25) is 5.02 Å². The van der Waals surface area contributed by atoms with Crippen LogP contribution in [0.15, 0.2) is 35.8 Å². The van der Waals surface area contributed by atoms with Gasteiger partial charge in [-0.2, -0.15) is 0 Å². The summed E-state index contributed by atoms with van der Waals surface area (Å²) in [6, 6.07) is 5.74. The van der Waals surface area contributed by atoms with E-state index in [0.29, 0.717) is 0 Å². The topological polar surface area (TPSA) is 15.6 Å². The van der Waals surface area contributed by atoms with Gasteiger partial charge in [-0.1, -0.05) is 25.1 Å². The fraction of sp³-hybridized carbons (Fsp3) is 0.400. The summed E-state index contributed by atoms with van der Waals surface area (Å²) < 4.78 is 0. The molecule has 0 saturated carbocycles. The third kappa shape index (κ3) is 3.88. The van der Waals surface area contributed by atoms with E-state index in [1.165, 1.54) is 0 Å². The molecular weight excluding hydrogens is 244 g/mol. The van der Waals surface area contributed by atoms with Gasteiger partial charge in [-0.05, 0) is 50.1 Å². The van der Waals surface area contributed by atoms with Gasteiger partial charge in [0.2, 0.25) is 0 Å². The Morgan fingerprint density at radius 2 is 2.17 bits per heavy atom. The minimum absolute atomic E-state index is 0.743. The summed E-state index contributed by atoms with van der Waals surface area (Å²) in [5.41, 5.74) is 2.03. The average molecular weight is 265 g/mol. The van der Waals surface area contributed by atoms with Crippen molar-refractivity contribution < 1.29 is 0 Å². The van der Waals surface area contributed by atoms with Gasteiger partial charge >= 0.3 is 0 Å². The van der Waals surface area contributed by atoms with Gasteiger partial charge in [0.15, 0.2) is 0 Å². The summed E-state index contributed by atoms with van der Waals surface area (Å²) in [7, 11) is 0. The maximum absolute atomic E-state index is 5.95. The monoisotopic (exact) mass is 264 g/mol. The largest absolute Gasteiger partial charge is 0.357 e. The maximum atomic E-state index is 5.95. The summed E-state index contributed by atoms with van der Waals surface area (Å²) in [6.45, 7) is 12.1. The molecule has 3 heteroatoms. The van der Waals surface area contributed by atoms with E-state index in [4.69, 9.17) is 11.6 Å². The minimum Gasteiger partial charge on any atom is -0.357 e. The highest BCUT2D eigenvalue weighted by Crippen LogP contribution is 2.23. The zero-order chi connectivity index (χ0) is 13.5. The molecule has 1 rings (SSSR count). The van der Waals surface area contributed by atoms with Crippen LogP contribution in [-0.4, -0.2) is 23.8 Å². The number of hydrogen-bond acceptors (Lipinski definition) is 1. The molecule has 98 valence electrons. The second-order valence-corrected chi connectivity index (χ2v) is 4.62. The summed E-state index contributed by atoms with van der Waals surface area (Å²) in [5.74, 6) is 0.921. The third-order valence-corrected chi connectivity index (χ3v) is 3.01. The van der Waals surface area contributed by atoms with Crippen molar-refractivity contribution in [3.05, 3.63) is 41.4 Å². The molecule has 0 heterocycles. The number of aliphatic imine (C=N–C) groups is 1. The lowest BCUT2D eigenvalue weighted by molar-refractivity contribution is 0.442. The van der Waals surface area contributed by atoms with Crippen LogP contribution in [0.25, 0.3) is 0 Å². The van der Waals surface area contributed by atoms with Crippen LogP contribution in [0.4, 0.5) is 5.69 Å². The SMILES string of the molecule is C=C/C(=N\c1ccc(Cl)cc1C)N(CC)CCC. The number of benzene rings is 1. The van der Waals surface area contributed by atoms with Crippen molar-refractivity contribution in [2.75, 3.05) is 13.1 Å². The number of aryl methyl sites for hydroxylation is 1. The number of amidine groups is 1. The van der Waals surface area contributed by atoms with Crippen molar-refractivity contribution in [2.45, 2.75) is 27.2 Å². The smallest absolute Gasteiger partial charge is 0.128 e. The molecule has 0 bridgehead atoms. The zero-order valence-corrected chi connectivity index (χ0v) is 12.2. The summed E-state index contributed by atoms with van der Waals surface area (Å²) >= 11 is 5.95. The van der Waals surface area contributed by atoms with Crippen LogP contribution in [0.1, 0.15) is 25.8 Å². The van der Waals surface area contributed by atoms with Gasteiger partial charge in [-0.15, -0.1) is 0 Å². The van der Waals surface area contributed by atoms with E-state index in [-0.39, 0.29) is 0 Å². The number of hydrogen-bond donors (Lipinski definition) is 0. The molecule has 0 radical (unpaired) electrons. The van der Waals surface area contributed by atoms with Gasteiger partial charge in [-0.25, -0.2) is 4.99 Å². The summed E-state index contributed by atoms with van der Waals surface area (Å²) in [6.07, 6.45) is 2.91. The highest BCUT2D eigenvalue weighted by atomic mass is 35.5. The van der Waals surface area contributed by atoms with Gasteiger partial charge in [0.05, 0.1) is 5.69 Å². The molecule has 0 aromatic heterocycles. The van der Waals surface area contributed by atoms with Crippen LogP contribution < -0.4 is 0 Å². The molecule has 0 saturated heterocycles. The third-order valence-electron chi connectivity index (χ3n) is 2.78. The van der Waals surface area contributed by atoms with E-state index in [9.17, 15) is 0 Å². The van der Waals surface area contributed by atoms with E-state index in [2.05, 4.69) is 30.3 Å². The number of nitrogens with zero attached hydrogens (tertiary/aromatic N) is 2. The van der Waals surface area contributed by atoms with Crippen molar-refractivity contribution in [1.29, 1.82) is 0 Å². The summed E-state index contributed by atoms with van der Waals surface area (Å²) in [5, 5.41) is 0.743. The second kappa shape index (κ2) is 7.22. The molecular formula is C15H21ClN2. The van der Waals surface area contributed by atoms with E-state index in [0.717, 1.165) is 41.6 Å². The second-order valence-electron chi connectivity index (χ2n) is 4.18. The van der Waals surface area contributed by atoms with Crippen molar-refractivity contribution in [3.8, 4) is 0 Å². The van der Waals surface area contributed by atoms with E-state index in [1.807, 2.05) is 31.2 Å². The number of rotatable bonds is 5. The van der Waals surface area contributed by atoms with E-state index < -0.39 is 0 Å². The first-order valence-corrected chi connectivity index (χ1v) is 6.72. The highest BCUT2D eigenvalue weighted by Gasteiger charge is 2.06.